The molecule has 2 aromatic carbocycles. The van der Waals surface area contributed by atoms with Crippen molar-refractivity contribution in [1.29, 1.82) is 0 Å². The maximum atomic E-state index is 13.4. The highest BCUT2D eigenvalue weighted by molar-refractivity contribution is 7.92. The molecule has 178 valence electrons. The van der Waals surface area contributed by atoms with Gasteiger partial charge in [-0.25, -0.2) is 12.7 Å². The molecule has 0 spiro atoms. The lowest BCUT2D eigenvalue weighted by atomic mass is 9.90. The van der Waals surface area contributed by atoms with Gasteiger partial charge in [0.05, 0.1) is 32.4 Å². The van der Waals surface area contributed by atoms with E-state index in [1.54, 1.807) is 0 Å². The number of benzene rings is 2. The van der Waals surface area contributed by atoms with E-state index in [4.69, 9.17) is 9.47 Å². The zero-order chi connectivity index (χ0) is 24.3. The molecule has 4 rings (SSSR count). The highest BCUT2D eigenvalue weighted by Gasteiger charge is 2.43. The molecule has 1 amide bonds. The molecule has 1 aromatic heterocycles. The lowest BCUT2D eigenvalue weighted by molar-refractivity contribution is -0.127. The summed E-state index contributed by atoms with van der Waals surface area (Å²) in [6, 6.07) is 23.1. The molecule has 1 aliphatic heterocycles. The number of methoxy groups -OCH3 is 2. The summed E-state index contributed by atoms with van der Waals surface area (Å²) in [7, 11) is -1.12. The van der Waals surface area contributed by atoms with Crippen LogP contribution in [0.1, 0.15) is 17.2 Å². The van der Waals surface area contributed by atoms with E-state index in [0.717, 1.165) is 21.7 Å². The van der Waals surface area contributed by atoms with Gasteiger partial charge in [0.25, 0.3) is 0 Å². The molecule has 0 unspecified atom stereocenters. The minimum atomic E-state index is -3.93. The van der Waals surface area contributed by atoms with Gasteiger partial charge in [0.1, 0.15) is 5.69 Å². The third-order valence-electron chi connectivity index (χ3n) is 5.82. The number of amides is 1. The maximum Gasteiger partial charge on any atom is 0.246 e. The Morgan fingerprint density at radius 3 is 1.97 bits per heavy atom. The smallest absolute Gasteiger partial charge is 0.246 e. The number of ether oxygens (including phenoxy) is 2. The predicted molar refractivity (Wildman–Crippen MR) is 129 cm³/mol. The van der Waals surface area contributed by atoms with Gasteiger partial charge in [-0.15, -0.1) is 0 Å². The molecule has 8 nitrogen and oxygen atoms in total. The summed E-state index contributed by atoms with van der Waals surface area (Å²) in [5.41, 5.74) is 2.29. The van der Waals surface area contributed by atoms with E-state index in [1.807, 2.05) is 36.4 Å². The Bertz CT molecular complexity index is 1210. The fraction of sp³-hybridized carbons (Fsp3) is 0.280. The van der Waals surface area contributed by atoms with Crippen molar-refractivity contribution >= 4 is 21.6 Å². The normalized spacial score (nSPS) is 14.5. The number of nitrogens with zero attached hydrogens (tertiary/aromatic N) is 3. The van der Waals surface area contributed by atoms with E-state index in [9.17, 15) is 13.2 Å². The van der Waals surface area contributed by atoms with Crippen molar-refractivity contribution in [3.63, 3.8) is 0 Å². The monoisotopic (exact) mass is 481 g/mol. The van der Waals surface area contributed by atoms with Crippen molar-refractivity contribution in [2.45, 2.75) is 6.04 Å². The Labute approximate surface area is 199 Å². The molecule has 0 N–H and O–H groups in total. The van der Waals surface area contributed by atoms with Gasteiger partial charge in [0, 0.05) is 19.2 Å². The molecule has 2 heterocycles. The first-order valence-corrected chi connectivity index (χ1v) is 12.7. The molecule has 1 aliphatic rings. The minimum Gasteiger partial charge on any atom is -0.481 e. The topological polar surface area (TPSA) is 89.0 Å². The van der Waals surface area contributed by atoms with Crippen molar-refractivity contribution in [1.82, 2.24) is 9.88 Å². The standard InChI is InChI=1S/C25H27N3O5S/c1-32-22-15-14-21(24(26-22)33-2)28(34(3,30)31)25(29)20-16-27(17-20)23(18-10-6-4-7-11-18)19-12-8-5-9-13-19/h4-15,20,23H,16-17H2,1-3H3. The second-order valence-corrected chi connectivity index (χ2v) is 9.95. The summed E-state index contributed by atoms with van der Waals surface area (Å²) >= 11 is 0. The van der Waals surface area contributed by atoms with Gasteiger partial charge in [-0.2, -0.15) is 4.98 Å². The lowest BCUT2D eigenvalue weighted by Gasteiger charge is -2.45. The van der Waals surface area contributed by atoms with Crippen LogP contribution in [-0.4, -0.2) is 57.8 Å². The van der Waals surface area contributed by atoms with Crippen molar-refractivity contribution in [3.8, 4) is 11.8 Å². The SMILES string of the molecule is COc1ccc(N(C(=O)C2CN(C(c3ccccc3)c3ccccc3)C2)S(C)(=O)=O)c(OC)n1. The van der Waals surface area contributed by atoms with Crippen LogP contribution in [-0.2, 0) is 14.8 Å². The fourth-order valence-corrected chi connectivity index (χ4v) is 5.20. The molecule has 9 heteroatoms. The van der Waals surface area contributed by atoms with Crippen LogP contribution in [0.3, 0.4) is 0 Å². The van der Waals surface area contributed by atoms with Crippen molar-refractivity contribution in [3.05, 3.63) is 83.9 Å². The van der Waals surface area contributed by atoms with Crippen LogP contribution >= 0.6 is 0 Å². The number of sulfonamides is 1. The molecular weight excluding hydrogens is 454 g/mol. The van der Waals surface area contributed by atoms with E-state index in [-0.39, 0.29) is 23.5 Å². The number of likely N-dealkylation sites (tertiary alicyclic amines) is 1. The first kappa shape index (κ1) is 23.7. The molecule has 3 aromatic rings. The zero-order valence-corrected chi connectivity index (χ0v) is 20.1. The van der Waals surface area contributed by atoms with Crippen molar-refractivity contribution in [2.75, 3.05) is 37.9 Å². The van der Waals surface area contributed by atoms with Crippen LogP contribution in [0.5, 0.6) is 11.8 Å². The Balaban J connectivity index is 1.60. The van der Waals surface area contributed by atoms with Gasteiger partial charge in [0.2, 0.25) is 27.7 Å². The van der Waals surface area contributed by atoms with Crippen LogP contribution in [0.4, 0.5) is 5.69 Å². The second-order valence-electron chi connectivity index (χ2n) is 8.12. The zero-order valence-electron chi connectivity index (χ0n) is 19.3. The highest BCUT2D eigenvalue weighted by atomic mass is 32.2. The number of carbonyl (C=O) groups is 1. The molecule has 0 bridgehead atoms. The van der Waals surface area contributed by atoms with Crippen LogP contribution in [0, 0.1) is 5.92 Å². The van der Waals surface area contributed by atoms with Gasteiger partial charge in [-0.3, -0.25) is 9.69 Å². The molecule has 1 fully saturated rings. The van der Waals surface area contributed by atoms with E-state index in [2.05, 4.69) is 34.1 Å². The van der Waals surface area contributed by atoms with Gasteiger partial charge in [-0.1, -0.05) is 60.7 Å². The number of carbonyl (C=O) groups excluding carboxylic acids is 1. The first-order chi connectivity index (χ1) is 16.3. The molecule has 0 radical (unpaired) electrons. The largest absolute Gasteiger partial charge is 0.481 e. The number of hydrogen-bond donors (Lipinski definition) is 0. The number of anilines is 1. The third kappa shape index (κ3) is 4.76. The van der Waals surface area contributed by atoms with Gasteiger partial charge in [0.15, 0.2) is 0 Å². The number of pyridine rings is 1. The Hall–Kier alpha value is -3.43. The molecule has 0 aliphatic carbocycles. The van der Waals surface area contributed by atoms with Crippen molar-refractivity contribution in [2.24, 2.45) is 5.92 Å². The molecule has 1 saturated heterocycles. The summed E-state index contributed by atoms with van der Waals surface area (Å²) in [5.74, 6) is -0.744. The summed E-state index contributed by atoms with van der Waals surface area (Å²) in [6.45, 7) is 0.844. The van der Waals surface area contributed by atoms with Gasteiger partial charge in [-0.05, 0) is 17.2 Å². The first-order valence-electron chi connectivity index (χ1n) is 10.8. The Morgan fingerprint density at radius 2 is 1.50 bits per heavy atom. The van der Waals surface area contributed by atoms with Crippen LogP contribution in [0.2, 0.25) is 0 Å². The number of hydrogen-bond acceptors (Lipinski definition) is 7. The second kappa shape index (κ2) is 9.82. The summed E-state index contributed by atoms with van der Waals surface area (Å²) < 4.78 is 36.5. The number of aromatic nitrogens is 1. The Kier molecular flexibility index (Phi) is 6.85. The average Bonchev–Trinajstić information content (AvgIpc) is 2.81. The lowest BCUT2D eigenvalue weighted by Crippen LogP contribution is -2.56. The van der Waals surface area contributed by atoms with Crippen LogP contribution in [0.25, 0.3) is 0 Å². The van der Waals surface area contributed by atoms with E-state index < -0.39 is 21.8 Å². The summed E-state index contributed by atoms with van der Waals surface area (Å²) in [6.07, 6.45) is 1.00. The maximum absolute atomic E-state index is 13.4. The average molecular weight is 482 g/mol. The van der Waals surface area contributed by atoms with Crippen molar-refractivity contribution < 1.29 is 22.7 Å². The highest BCUT2D eigenvalue weighted by Crippen LogP contribution is 2.37. The van der Waals surface area contributed by atoms with Crippen LogP contribution < -0.4 is 13.8 Å². The minimum absolute atomic E-state index is 0.000697. The molecule has 0 saturated carbocycles. The van der Waals surface area contributed by atoms with E-state index >= 15 is 0 Å². The van der Waals surface area contributed by atoms with E-state index in [0.29, 0.717) is 13.1 Å². The van der Waals surface area contributed by atoms with E-state index in [1.165, 1.54) is 26.4 Å². The third-order valence-corrected chi connectivity index (χ3v) is 6.86. The summed E-state index contributed by atoms with van der Waals surface area (Å²) in [5, 5.41) is 0. The van der Waals surface area contributed by atoms with Crippen LogP contribution in [0.15, 0.2) is 72.8 Å². The molecule has 0 atom stereocenters. The number of rotatable bonds is 8. The summed E-state index contributed by atoms with van der Waals surface area (Å²) in [4.78, 5) is 19.8. The fourth-order valence-electron chi connectivity index (χ4n) is 4.23. The predicted octanol–water partition coefficient (Wildman–Crippen LogP) is 3.11. The quantitative estimate of drug-likeness (QED) is 0.488. The molecular formula is C25H27N3O5S. The molecule has 34 heavy (non-hydrogen) atoms. The Morgan fingerprint density at radius 1 is 0.941 bits per heavy atom. The van der Waals surface area contributed by atoms with Gasteiger partial charge < -0.3 is 9.47 Å². The van der Waals surface area contributed by atoms with Gasteiger partial charge >= 0.3 is 0 Å².